The molecule has 0 saturated heterocycles. The molecule has 3 nitrogen and oxygen atoms in total. The normalized spacial score (nSPS) is 12.3. The van der Waals surface area contributed by atoms with Crippen molar-refractivity contribution in [1.29, 1.82) is 0 Å². The second-order valence-corrected chi connectivity index (χ2v) is 6.35. The van der Waals surface area contributed by atoms with Crippen LogP contribution in [0.2, 0.25) is 0 Å². The Morgan fingerprint density at radius 1 is 1.09 bits per heavy atom. The molecule has 2 aromatic carbocycles. The van der Waals surface area contributed by atoms with Crippen molar-refractivity contribution in [2.75, 3.05) is 6.26 Å². The third-order valence-corrected chi connectivity index (χ3v) is 4.66. The SMILES string of the molecule is CSc1ccc(CN[C@@H](c2ccccc2)c2nccn2C)cc1. The van der Waals surface area contributed by atoms with E-state index < -0.39 is 0 Å². The topological polar surface area (TPSA) is 29.9 Å². The number of benzene rings is 2. The molecule has 0 saturated carbocycles. The van der Waals surface area contributed by atoms with Crippen LogP contribution in [0.15, 0.2) is 71.9 Å². The van der Waals surface area contributed by atoms with Crippen molar-refractivity contribution in [2.24, 2.45) is 7.05 Å². The average molecular weight is 323 g/mol. The van der Waals surface area contributed by atoms with Gasteiger partial charge in [0.05, 0.1) is 6.04 Å². The van der Waals surface area contributed by atoms with E-state index in [1.54, 1.807) is 11.8 Å². The van der Waals surface area contributed by atoms with E-state index >= 15 is 0 Å². The first-order valence-electron chi connectivity index (χ1n) is 7.66. The quantitative estimate of drug-likeness (QED) is 0.695. The highest BCUT2D eigenvalue weighted by Gasteiger charge is 2.17. The molecular formula is C19H21N3S. The summed E-state index contributed by atoms with van der Waals surface area (Å²) in [5, 5.41) is 3.64. The predicted molar refractivity (Wildman–Crippen MR) is 96.6 cm³/mol. The van der Waals surface area contributed by atoms with Crippen LogP contribution >= 0.6 is 11.8 Å². The van der Waals surface area contributed by atoms with Crippen molar-refractivity contribution >= 4 is 11.8 Å². The summed E-state index contributed by atoms with van der Waals surface area (Å²) >= 11 is 1.77. The number of aromatic nitrogens is 2. The molecule has 0 aliphatic rings. The molecule has 118 valence electrons. The number of aryl methyl sites for hydroxylation is 1. The Morgan fingerprint density at radius 2 is 1.83 bits per heavy atom. The van der Waals surface area contributed by atoms with Gasteiger partial charge in [-0.15, -0.1) is 11.8 Å². The maximum Gasteiger partial charge on any atom is 0.130 e. The molecule has 0 unspecified atom stereocenters. The second-order valence-electron chi connectivity index (χ2n) is 5.47. The molecule has 1 heterocycles. The molecule has 0 aliphatic heterocycles. The lowest BCUT2D eigenvalue weighted by molar-refractivity contribution is 0.558. The van der Waals surface area contributed by atoms with E-state index in [1.807, 2.05) is 25.5 Å². The Labute approximate surface area is 141 Å². The summed E-state index contributed by atoms with van der Waals surface area (Å²) in [4.78, 5) is 5.82. The number of rotatable bonds is 6. The van der Waals surface area contributed by atoms with E-state index in [1.165, 1.54) is 16.0 Å². The fourth-order valence-electron chi connectivity index (χ4n) is 2.62. The van der Waals surface area contributed by atoms with Crippen molar-refractivity contribution in [3.63, 3.8) is 0 Å². The first kappa shape index (κ1) is 15.8. The third kappa shape index (κ3) is 3.84. The van der Waals surface area contributed by atoms with Gasteiger partial charge in [-0.25, -0.2) is 4.98 Å². The second kappa shape index (κ2) is 7.49. The van der Waals surface area contributed by atoms with Crippen molar-refractivity contribution in [1.82, 2.24) is 14.9 Å². The molecule has 1 N–H and O–H groups in total. The molecule has 23 heavy (non-hydrogen) atoms. The van der Waals surface area contributed by atoms with Gasteiger partial charge < -0.3 is 4.57 Å². The largest absolute Gasteiger partial charge is 0.336 e. The number of hydrogen-bond acceptors (Lipinski definition) is 3. The highest BCUT2D eigenvalue weighted by molar-refractivity contribution is 7.98. The molecule has 3 aromatic rings. The number of imidazole rings is 1. The van der Waals surface area contributed by atoms with E-state index in [0.29, 0.717) is 0 Å². The highest BCUT2D eigenvalue weighted by Crippen LogP contribution is 2.21. The molecule has 0 amide bonds. The van der Waals surface area contributed by atoms with Gasteiger partial charge in [0.15, 0.2) is 0 Å². The van der Waals surface area contributed by atoms with Gasteiger partial charge in [-0.3, -0.25) is 5.32 Å². The van der Waals surface area contributed by atoms with Crippen LogP contribution in [0.4, 0.5) is 0 Å². The molecule has 0 spiro atoms. The molecule has 1 atom stereocenters. The van der Waals surface area contributed by atoms with Crippen molar-refractivity contribution in [2.45, 2.75) is 17.5 Å². The van der Waals surface area contributed by atoms with Crippen LogP contribution in [0.3, 0.4) is 0 Å². The van der Waals surface area contributed by atoms with Crippen LogP contribution in [-0.4, -0.2) is 15.8 Å². The lowest BCUT2D eigenvalue weighted by Gasteiger charge is -2.19. The van der Waals surface area contributed by atoms with Crippen LogP contribution in [-0.2, 0) is 13.6 Å². The summed E-state index contributed by atoms with van der Waals surface area (Å²) in [6.45, 7) is 0.807. The Kier molecular flexibility index (Phi) is 5.16. The maximum absolute atomic E-state index is 4.53. The molecule has 4 heteroatoms. The maximum atomic E-state index is 4.53. The van der Waals surface area contributed by atoms with Crippen molar-refractivity contribution in [3.05, 3.63) is 83.9 Å². The van der Waals surface area contributed by atoms with Gasteiger partial charge in [-0.1, -0.05) is 42.5 Å². The van der Waals surface area contributed by atoms with Gasteiger partial charge in [0.25, 0.3) is 0 Å². The summed E-state index contributed by atoms with van der Waals surface area (Å²) in [6, 6.07) is 19.2. The van der Waals surface area contributed by atoms with Gasteiger partial charge in [0, 0.05) is 30.9 Å². The van der Waals surface area contributed by atoms with Gasteiger partial charge in [0.2, 0.25) is 0 Å². The zero-order valence-corrected chi connectivity index (χ0v) is 14.3. The number of nitrogens with zero attached hydrogens (tertiary/aromatic N) is 2. The van der Waals surface area contributed by atoms with Crippen LogP contribution in [0, 0.1) is 0 Å². The lowest BCUT2D eigenvalue weighted by Crippen LogP contribution is -2.24. The molecular weight excluding hydrogens is 302 g/mol. The standard InChI is InChI=1S/C19H21N3S/c1-22-13-12-20-19(22)18(16-6-4-3-5-7-16)21-14-15-8-10-17(23-2)11-9-15/h3-13,18,21H,14H2,1-2H3/t18-/m0/s1. The number of hydrogen-bond donors (Lipinski definition) is 1. The Balaban J connectivity index is 1.80. The average Bonchev–Trinajstić information content (AvgIpc) is 3.03. The van der Waals surface area contributed by atoms with E-state index in [9.17, 15) is 0 Å². The van der Waals surface area contributed by atoms with Crippen molar-refractivity contribution < 1.29 is 0 Å². The minimum Gasteiger partial charge on any atom is -0.336 e. The first-order chi connectivity index (χ1) is 11.3. The summed E-state index contributed by atoms with van der Waals surface area (Å²) < 4.78 is 2.07. The van der Waals surface area contributed by atoms with Crippen LogP contribution in [0.1, 0.15) is 23.0 Å². The minimum absolute atomic E-state index is 0.0800. The van der Waals surface area contributed by atoms with Crippen LogP contribution in [0.25, 0.3) is 0 Å². The highest BCUT2D eigenvalue weighted by atomic mass is 32.2. The summed E-state index contributed by atoms with van der Waals surface area (Å²) in [5.41, 5.74) is 2.50. The fourth-order valence-corrected chi connectivity index (χ4v) is 3.03. The first-order valence-corrected chi connectivity index (χ1v) is 8.89. The number of nitrogens with one attached hydrogen (secondary N) is 1. The third-order valence-electron chi connectivity index (χ3n) is 3.92. The van der Waals surface area contributed by atoms with Gasteiger partial charge in [-0.05, 0) is 29.5 Å². The smallest absolute Gasteiger partial charge is 0.130 e. The molecule has 0 aliphatic carbocycles. The van der Waals surface area contributed by atoms with Gasteiger partial charge >= 0.3 is 0 Å². The Bertz CT molecular complexity index is 735. The molecule has 0 fully saturated rings. The van der Waals surface area contributed by atoms with Crippen molar-refractivity contribution in [3.8, 4) is 0 Å². The minimum atomic E-state index is 0.0800. The summed E-state index contributed by atoms with van der Waals surface area (Å²) in [7, 11) is 2.03. The Hall–Kier alpha value is -2.04. The van der Waals surface area contributed by atoms with Crippen LogP contribution < -0.4 is 5.32 Å². The van der Waals surface area contributed by atoms with E-state index in [0.717, 1.165) is 12.4 Å². The van der Waals surface area contributed by atoms with Gasteiger partial charge in [-0.2, -0.15) is 0 Å². The number of thioether (sulfide) groups is 1. The van der Waals surface area contributed by atoms with Gasteiger partial charge in [0.1, 0.15) is 5.82 Å². The van der Waals surface area contributed by atoms with E-state index in [2.05, 4.69) is 69.7 Å². The molecule has 0 radical (unpaired) electrons. The van der Waals surface area contributed by atoms with E-state index in [-0.39, 0.29) is 6.04 Å². The van der Waals surface area contributed by atoms with Crippen LogP contribution in [0.5, 0.6) is 0 Å². The fraction of sp³-hybridized carbons (Fsp3) is 0.211. The van der Waals surface area contributed by atoms with E-state index in [4.69, 9.17) is 0 Å². The molecule has 1 aromatic heterocycles. The zero-order valence-electron chi connectivity index (χ0n) is 13.4. The Morgan fingerprint density at radius 3 is 2.43 bits per heavy atom. The summed E-state index contributed by atoms with van der Waals surface area (Å²) in [5.74, 6) is 1.02. The monoisotopic (exact) mass is 323 g/mol. The summed E-state index contributed by atoms with van der Waals surface area (Å²) in [6.07, 6.45) is 5.93. The molecule has 0 bridgehead atoms. The molecule has 3 rings (SSSR count). The predicted octanol–water partition coefficient (Wildman–Crippen LogP) is 4.02. The zero-order chi connectivity index (χ0) is 16.1. The lowest BCUT2D eigenvalue weighted by atomic mass is 10.1.